The number of hydrogen-bond donors (Lipinski definition) is 1. The first kappa shape index (κ1) is 20.9. The Morgan fingerprint density at radius 2 is 2.00 bits per heavy atom. The number of rotatable bonds is 6. The molecule has 0 bridgehead atoms. The number of carbonyl (C=O) groups is 1. The Balaban J connectivity index is 0.00000225. The van der Waals surface area contributed by atoms with Crippen LogP contribution in [0, 0.1) is 5.92 Å². The van der Waals surface area contributed by atoms with Crippen LogP contribution in [0.4, 0.5) is 0 Å². The first-order chi connectivity index (χ1) is 13.2. The third-order valence-electron chi connectivity index (χ3n) is 6.16. The van der Waals surface area contributed by atoms with Crippen LogP contribution >= 0.6 is 12.4 Å². The summed E-state index contributed by atoms with van der Waals surface area (Å²) in [6.07, 6.45) is 8.00. The fourth-order valence-electron chi connectivity index (χ4n) is 4.14. The van der Waals surface area contributed by atoms with E-state index in [1.165, 1.54) is 24.8 Å². The van der Waals surface area contributed by atoms with Gasteiger partial charge >= 0.3 is 0 Å². The lowest BCUT2D eigenvalue weighted by molar-refractivity contribution is 0.0606. The number of piperidine rings is 1. The van der Waals surface area contributed by atoms with E-state index < -0.39 is 0 Å². The molecule has 6 heteroatoms. The number of halogens is 1. The molecule has 1 N–H and O–H groups in total. The van der Waals surface area contributed by atoms with E-state index in [1.807, 2.05) is 40.0 Å². The topological polar surface area (TPSA) is 50.2 Å². The van der Waals surface area contributed by atoms with Crippen molar-refractivity contribution in [1.29, 1.82) is 0 Å². The molecule has 0 radical (unpaired) electrons. The minimum Gasteiger partial charge on any atom is -0.330 e. The van der Waals surface area contributed by atoms with Gasteiger partial charge in [-0.2, -0.15) is 5.10 Å². The van der Waals surface area contributed by atoms with Crippen molar-refractivity contribution >= 4 is 18.3 Å². The number of benzene rings is 1. The maximum absolute atomic E-state index is 13.4. The maximum atomic E-state index is 13.4. The van der Waals surface area contributed by atoms with Gasteiger partial charge in [0.25, 0.3) is 5.91 Å². The first-order valence-electron chi connectivity index (χ1n) is 10.3. The van der Waals surface area contributed by atoms with Gasteiger partial charge in [-0.25, -0.2) is 0 Å². The number of aromatic nitrogens is 2. The summed E-state index contributed by atoms with van der Waals surface area (Å²) in [5, 5.41) is 8.09. The highest BCUT2D eigenvalue weighted by atomic mass is 35.5. The zero-order chi connectivity index (χ0) is 18.6. The normalized spacial score (nSPS) is 20.7. The van der Waals surface area contributed by atoms with Crippen LogP contribution in [-0.2, 0) is 0 Å². The van der Waals surface area contributed by atoms with Crippen LogP contribution in [0.25, 0.3) is 0 Å². The molecule has 1 aromatic carbocycles. The lowest BCUT2D eigenvalue weighted by Gasteiger charge is -2.36. The molecule has 2 unspecified atom stereocenters. The van der Waals surface area contributed by atoms with Gasteiger partial charge in [0.15, 0.2) is 0 Å². The molecule has 2 aliphatic rings. The Kier molecular flexibility index (Phi) is 7.13. The summed E-state index contributed by atoms with van der Waals surface area (Å²) in [6, 6.07) is 12.6. The molecule has 1 aliphatic carbocycles. The van der Waals surface area contributed by atoms with Crippen molar-refractivity contribution in [2.45, 2.75) is 51.1 Å². The van der Waals surface area contributed by atoms with E-state index in [0.717, 1.165) is 32.5 Å². The van der Waals surface area contributed by atoms with Gasteiger partial charge in [-0.15, -0.1) is 12.4 Å². The summed E-state index contributed by atoms with van der Waals surface area (Å²) in [4.78, 5) is 15.4. The van der Waals surface area contributed by atoms with E-state index in [-0.39, 0.29) is 24.4 Å². The van der Waals surface area contributed by atoms with Crippen LogP contribution < -0.4 is 5.32 Å². The fourth-order valence-corrected chi connectivity index (χ4v) is 4.14. The van der Waals surface area contributed by atoms with Crippen LogP contribution in [-0.4, -0.2) is 40.2 Å². The molecule has 1 saturated heterocycles. The summed E-state index contributed by atoms with van der Waals surface area (Å²) >= 11 is 0. The van der Waals surface area contributed by atoms with Crippen molar-refractivity contribution in [3.05, 3.63) is 53.9 Å². The van der Waals surface area contributed by atoms with E-state index in [1.54, 1.807) is 0 Å². The quantitative estimate of drug-likeness (QED) is 0.786. The molecule has 1 aliphatic heterocycles. The van der Waals surface area contributed by atoms with Crippen LogP contribution in [0.1, 0.15) is 67.2 Å². The van der Waals surface area contributed by atoms with Crippen molar-refractivity contribution in [2.75, 3.05) is 19.6 Å². The van der Waals surface area contributed by atoms with Gasteiger partial charge < -0.3 is 10.2 Å². The number of carbonyl (C=O) groups excluding carboxylic acids is 1. The van der Waals surface area contributed by atoms with Crippen molar-refractivity contribution in [3.63, 3.8) is 0 Å². The monoisotopic (exact) mass is 402 g/mol. The zero-order valence-electron chi connectivity index (χ0n) is 16.6. The number of hydrogen-bond acceptors (Lipinski definition) is 3. The van der Waals surface area contributed by atoms with Crippen LogP contribution in [0.3, 0.4) is 0 Å². The molecule has 28 heavy (non-hydrogen) atoms. The van der Waals surface area contributed by atoms with Crippen LogP contribution in [0.5, 0.6) is 0 Å². The Bertz CT molecular complexity index is 753. The Hall–Kier alpha value is -1.85. The number of amides is 1. The van der Waals surface area contributed by atoms with Gasteiger partial charge in [0.2, 0.25) is 0 Å². The van der Waals surface area contributed by atoms with Gasteiger partial charge in [0.05, 0.1) is 12.1 Å². The van der Waals surface area contributed by atoms with Gasteiger partial charge in [-0.1, -0.05) is 36.8 Å². The van der Waals surface area contributed by atoms with E-state index in [9.17, 15) is 4.79 Å². The highest BCUT2D eigenvalue weighted by molar-refractivity contribution is 5.92. The lowest BCUT2D eigenvalue weighted by atomic mass is 9.84. The summed E-state index contributed by atoms with van der Waals surface area (Å²) in [5.41, 5.74) is 1.75. The Morgan fingerprint density at radius 1 is 1.21 bits per heavy atom. The van der Waals surface area contributed by atoms with Crippen LogP contribution in [0.2, 0.25) is 0 Å². The smallest absolute Gasteiger partial charge is 0.274 e. The molecule has 2 atom stereocenters. The average molecular weight is 403 g/mol. The van der Waals surface area contributed by atoms with Crippen molar-refractivity contribution in [2.24, 2.45) is 5.92 Å². The molecule has 1 saturated carbocycles. The summed E-state index contributed by atoms with van der Waals surface area (Å²) in [5.74, 6) is 0.686. The Labute approximate surface area is 173 Å². The molecular formula is C22H31ClN4O. The molecule has 5 nitrogen and oxygen atoms in total. The molecule has 0 spiro atoms. The van der Waals surface area contributed by atoms with Gasteiger partial charge in [-0.05, 0) is 56.7 Å². The second kappa shape index (κ2) is 9.57. The molecule has 2 fully saturated rings. The van der Waals surface area contributed by atoms with Gasteiger partial charge in [-0.3, -0.25) is 9.48 Å². The minimum atomic E-state index is 0. The number of nitrogens with one attached hydrogen (secondary N) is 1. The van der Waals surface area contributed by atoms with E-state index in [0.29, 0.717) is 17.7 Å². The summed E-state index contributed by atoms with van der Waals surface area (Å²) in [7, 11) is 0. The summed E-state index contributed by atoms with van der Waals surface area (Å²) < 4.78 is 1.98. The molecule has 1 aromatic heterocycles. The minimum absolute atomic E-state index is 0. The molecule has 152 valence electrons. The third kappa shape index (κ3) is 4.58. The van der Waals surface area contributed by atoms with Crippen molar-refractivity contribution in [1.82, 2.24) is 20.0 Å². The molecular weight excluding hydrogens is 372 g/mol. The van der Waals surface area contributed by atoms with Crippen LogP contribution in [0.15, 0.2) is 42.6 Å². The van der Waals surface area contributed by atoms with Gasteiger partial charge in [0, 0.05) is 19.3 Å². The highest BCUT2D eigenvalue weighted by Crippen LogP contribution is 2.31. The maximum Gasteiger partial charge on any atom is 0.274 e. The van der Waals surface area contributed by atoms with E-state index >= 15 is 0 Å². The highest BCUT2D eigenvalue weighted by Gasteiger charge is 2.30. The standard InChI is InChI=1S/C22H30N4O.ClH/c1-17(19-9-3-2-4-10-19)25(16-18-7-5-8-18)22(27)21-12-14-26(24-21)20-11-6-13-23-15-20;/h2-4,9-10,12,14,17-18,20,23H,5-8,11,13,15-16H2,1H3;1H. The van der Waals surface area contributed by atoms with E-state index in [4.69, 9.17) is 0 Å². The lowest BCUT2D eigenvalue weighted by Crippen LogP contribution is -2.39. The second-order valence-electron chi connectivity index (χ2n) is 8.02. The SMILES string of the molecule is CC(c1ccccc1)N(CC1CCC1)C(=O)c1ccn(C2CCCNC2)n1.Cl. The summed E-state index contributed by atoms with van der Waals surface area (Å²) in [6.45, 7) is 4.97. The van der Waals surface area contributed by atoms with Gasteiger partial charge in [0.1, 0.15) is 5.69 Å². The molecule has 2 heterocycles. The first-order valence-corrected chi connectivity index (χ1v) is 10.3. The predicted octanol–water partition coefficient (Wildman–Crippen LogP) is 4.23. The number of nitrogens with zero attached hydrogens (tertiary/aromatic N) is 3. The second-order valence-corrected chi connectivity index (χ2v) is 8.02. The molecule has 2 aromatic rings. The van der Waals surface area contributed by atoms with Crippen molar-refractivity contribution in [3.8, 4) is 0 Å². The van der Waals surface area contributed by atoms with Crippen molar-refractivity contribution < 1.29 is 4.79 Å². The predicted molar refractivity (Wildman–Crippen MR) is 114 cm³/mol. The van der Waals surface area contributed by atoms with E-state index in [2.05, 4.69) is 29.5 Å². The Morgan fingerprint density at radius 3 is 2.64 bits per heavy atom. The molecule has 1 amide bonds. The largest absolute Gasteiger partial charge is 0.330 e. The molecule has 4 rings (SSSR count). The fraction of sp³-hybridized carbons (Fsp3) is 0.545. The third-order valence-corrected chi connectivity index (χ3v) is 6.16. The average Bonchev–Trinajstić information content (AvgIpc) is 3.18. The zero-order valence-corrected chi connectivity index (χ0v) is 17.4.